The van der Waals surface area contributed by atoms with E-state index in [1.54, 1.807) is 24.3 Å². The Morgan fingerprint density at radius 1 is 1.24 bits per heavy atom. The molecule has 0 bridgehead atoms. The summed E-state index contributed by atoms with van der Waals surface area (Å²) in [5.41, 5.74) is 8.83. The molecule has 2 N–H and O–H groups in total. The number of nitrogens with zero attached hydrogens (tertiary/aromatic N) is 2. The van der Waals surface area contributed by atoms with Crippen molar-refractivity contribution >= 4 is 41.3 Å². The summed E-state index contributed by atoms with van der Waals surface area (Å²) >= 11 is 5.15. The van der Waals surface area contributed by atoms with Crippen LogP contribution >= 0.6 is 24.0 Å². The summed E-state index contributed by atoms with van der Waals surface area (Å²) in [4.78, 5) is 13.5. The minimum atomic E-state index is -0.340. The van der Waals surface area contributed by atoms with E-state index >= 15 is 0 Å². The fraction of sp³-hybridized carbons (Fsp3) is 0.182. The zero-order chi connectivity index (χ0) is 20.8. The number of carbonyl (C=O) groups is 1. The number of nitrogens with two attached hydrogens (primary N) is 1. The Morgan fingerprint density at radius 3 is 2.59 bits per heavy atom. The van der Waals surface area contributed by atoms with E-state index < -0.39 is 0 Å². The predicted molar refractivity (Wildman–Crippen MR) is 121 cm³/mol. The standard InChI is InChI=1S/C20H16FN3OS.C2H6S/c21-15-4-1-3-14(11-15)18-12-17(13-6-8-16(22)9-7-13)23-24(18)20(25)19-5-2-10-26-19;1-2-3/h1-11,18H,12,22H2;3H,2H2,1H3. The molecule has 3 aromatic rings. The lowest BCUT2D eigenvalue weighted by molar-refractivity contribution is 0.0716. The second-order valence-corrected chi connectivity index (χ2v) is 7.97. The van der Waals surface area contributed by atoms with E-state index in [1.807, 2.05) is 36.6 Å². The van der Waals surface area contributed by atoms with Crippen molar-refractivity contribution in [3.05, 3.63) is 87.9 Å². The minimum Gasteiger partial charge on any atom is -0.399 e. The number of rotatable bonds is 3. The van der Waals surface area contributed by atoms with Gasteiger partial charge in [-0.25, -0.2) is 9.40 Å². The van der Waals surface area contributed by atoms with Crippen molar-refractivity contribution in [2.45, 2.75) is 19.4 Å². The monoisotopic (exact) mass is 427 g/mol. The Bertz CT molecular complexity index is 988. The summed E-state index contributed by atoms with van der Waals surface area (Å²) in [6.07, 6.45) is 0.518. The van der Waals surface area contributed by atoms with E-state index in [0.29, 0.717) is 17.0 Å². The highest BCUT2D eigenvalue weighted by Gasteiger charge is 2.34. The fourth-order valence-electron chi connectivity index (χ4n) is 3.03. The number of carbonyl (C=O) groups excluding carboxylic acids is 1. The maximum absolute atomic E-state index is 13.7. The van der Waals surface area contributed by atoms with Gasteiger partial charge in [-0.15, -0.1) is 11.3 Å². The molecule has 1 aliphatic heterocycles. The van der Waals surface area contributed by atoms with E-state index in [2.05, 4.69) is 17.7 Å². The molecule has 1 aromatic heterocycles. The van der Waals surface area contributed by atoms with Crippen LogP contribution in [0, 0.1) is 5.82 Å². The number of anilines is 1. The number of hydrogen-bond donors (Lipinski definition) is 2. The van der Waals surface area contributed by atoms with Gasteiger partial charge in [0.05, 0.1) is 16.6 Å². The number of hydrazone groups is 1. The number of amides is 1. The molecular formula is C22H22FN3OS2. The minimum absolute atomic E-state index is 0.181. The van der Waals surface area contributed by atoms with Gasteiger partial charge in [0.25, 0.3) is 5.91 Å². The molecule has 0 aliphatic carbocycles. The first-order valence-electron chi connectivity index (χ1n) is 9.20. The third-order valence-corrected chi connectivity index (χ3v) is 5.19. The highest BCUT2D eigenvalue weighted by molar-refractivity contribution is 7.80. The van der Waals surface area contributed by atoms with Gasteiger partial charge in [0, 0.05) is 12.1 Å². The third-order valence-electron chi connectivity index (χ3n) is 4.33. The molecule has 1 unspecified atom stereocenters. The van der Waals surface area contributed by atoms with E-state index in [1.165, 1.54) is 28.5 Å². The molecule has 1 aliphatic rings. The van der Waals surface area contributed by atoms with Gasteiger partial charge in [0.2, 0.25) is 0 Å². The molecule has 0 saturated heterocycles. The lowest BCUT2D eigenvalue weighted by atomic mass is 9.98. The summed E-state index contributed by atoms with van der Waals surface area (Å²) in [5.74, 6) is 0.437. The van der Waals surface area contributed by atoms with Crippen molar-refractivity contribution in [2.75, 3.05) is 11.5 Å². The third kappa shape index (κ3) is 5.05. The molecule has 7 heteroatoms. The highest BCUT2D eigenvalue weighted by atomic mass is 32.1. The van der Waals surface area contributed by atoms with Crippen molar-refractivity contribution in [1.82, 2.24) is 5.01 Å². The number of thiol groups is 1. The van der Waals surface area contributed by atoms with E-state index in [0.717, 1.165) is 22.6 Å². The van der Waals surface area contributed by atoms with Gasteiger partial charge in [0.15, 0.2) is 0 Å². The number of thiophene rings is 1. The van der Waals surface area contributed by atoms with Gasteiger partial charge >= 0.3 is 0 Å². The maximum Gasteiger partial charge on any atom is 0.284 e. The Morgan fingerprint density at radius 2 is 1.97 bits per heavy atom. The van der Waals surface area contributed by atoms with Gasteiger partial charge in [-0.3, -0.25) is 4.79 Å². The van der Waals surface area contributed by atoms with Crippen molar-refractivity contribution < 1.29 is 9.18 Å². The average molecular weight is 428 g/mol. The van der Waals surface area contributed by atoms with Crippen LogP contribution in [0.25, 0.3) is 0 Å². The van der Waals surface area contributed by atoms with Crippen LogP contribution in [0.2, 0.25) is 0 Å². The van der Waals surface area contributed by atoms with E-state index in [4.69, 9.17) is 5.73 Å². The highest BCUT2D eigenvalue weighted by Crippen LogP contribution is 2.34. The number of nitrogen functional groups attached to an aromatic ring is 1. The van der Waals surface area contributed by atoms with Crippen LogP contribution in [0.15, 0.2) is 71.1 Å². The fourth-order valence-corrected chi connectivity index (χ4v) is 3.69. The second-order valence-electron chi connectivity index (χ2n) is 6.39. The normalized spacial score (nSPS) is 15.5. The molecule has 1 amide bonds. The summed E-state index contributed by atoms with van der Waals surface area (Å²) in [5, 5.41) is 7.89. The number of hydrogen-bond acceptors (Lipinski definition) is 5. The Balaban J connectivity index is 0.000000755. The zero-order valence-electron chi connectivity index (χ0n) is 16.0. The largest absolute Gasteiger partial charge is 0.399 e. The van der Waals surface area contributed by atoms with Crippen LogP contribution in [0.5, 0.6) is 0 Å². The number of benzene rings is 2. The molecule has 4 nitrogen and oxygen atoms in total. The molecule has 2 heterocycles. The van der Waals surface area contributed by atoms with Gasteiger partial charge in [0.1, 0.15) is 5.82 Å². The van der Waals surface area contributed by atoms with Crippen molar-refractivity contribution in [1.29, 1.82) is 0 Å². The lowest BCUT2D eigenvalue weighted by Crippen LogP contribution is -2.26. The summed E-state index contributed by atoms with van der Waals surface area (Å²) in [6.45, 7) is 1.99. The van der Waals surface area contributed by atoms with Crippen LogP contribution in [-0.4, -0.2) is 22.4 Å². The van der Waals surface area contributed by atoms with Crippen LogP contribution in [0.3, 0.4) is 0 Å². The Labute approximate surface area is 179 Å². The second kappa shape index (κ2) is 9.71. The van der Waals surface area contributed by atoms with Gasteiger partial charge < -0.3 is 5.73 Å². The summed E-state index contributed by atoms with van der Waals surface area (Å²) in [7, 11) is 0. The molecule has 150 valence electrons. The Kier molecular flexibility index (Phi) is 7.06. The maximum atomic E-state index is 13.7. The average Bonchev–Trinajstić information content (AvgIpc) is 3.39. The van der Waals surface area contributed by atoms with Crippen LogP contribution in [0.4, 0.5) is 10.1 Å². The molecule has 0 radical (unpaired) electrons. The van der Waals surface area contributed by atoms with E-state index in [9.17, 15) is 9.18 Å². The summed E-state index contributed by atoms with van der Waals surface area (Å²) < 4.78 is 13.7. The summed E-state index contributed by atoms with van der Waals surface area (Å²) in [6, 6.07) is 17.0. The first kappa shape index (κ1) is 21.1. The molecule has 1 atom stereocenters. The van der Waals surface area contributed by atoms with Crippen LogP contribution < -0.4 is 5.73 Å². The van der Waals surface area contributed by atoms with Gasteiger partial charge in [-0.1, -0.05) is 37.3 Å². The van der Waals surface area contributed by atoms with Crippen molar-refractivity contribution in [2.24, 2.45) is 5.10 Å². The first-order chi connectivity index (χ1) is 14.0. The predicted octanol–water partition coefficient (Wildman–Crippen LogP) is 5.40. The zero-order valence-corrected chi connectivity index (χ0v) is 17.7. The van der Waals surface area contributed by atoms with Crippen LogP contribution in [0.1, 0.15) is 40.2 Å². The molecular weight excluding hydrogens is 405 g/mol. The SMILES string of the molecule is CCS.Nc1ccc(C2=NN(C(=O)c3cccs3)C(c3cccc(F)c3)C2)cc1. The molecule has 4 rings (SSSR count). The molecule has 0 spiro atoms. The quantitative estimate of drug-likeness (QED) is 0.434. The topological polar surface area (TPSA) is 58.7 Å². The molecule has 0 saturated carbocycles. The lowest BCUT2D eigenvalue weighted by Gasteiger charge is -2.21. The smallest absolute Gasteiger partial charge is 0.284 e. The number of halogens is 1. The van der Waals surface area contributed by atoms with Crippen molar-refractivity contribution in [3.8, 4) is 0 Å². The molecule has 0 fully saturated rings. The van der Waals surface area contributed by atoms with E-state index in [-0.39, 0.29) is 17.8 Å². The van der Waals surface area contributed by atoms with Gasteiger partial charge in [-0.05, 0) is 52.6 Å². The first-order valence-corrected chi connectivity index (χ1v) is 10.7. The van der Waals surface area contributed by atoms with Crippen LogP contribution in [-0.2, 0) is 0 Å². The van der Waals surface area contributed by atoms with Crippen molar-refractivity contribution in [3.63, 3.8) is 0 Å². The van der Waals surface area contributed by atoms with Gasteiger partial charge in [-0.2, -0.15) is 17.7 Å². The Hall–Kier alpha value is -2.64. The molecule has 29 heavy (non-hydrogen) atoms. The molecule has 2 aromatic carbocycles.